The van der Waals surface area contributed by atoms with Crippen molar-refractivity contribution in [1.29, 1.82) is 0 Å². The van der Waals surface area contributed by atoms with Crippen LogP contribution in [0.1, 0.15) is 130 Å². The van der Waals surface area contributed by atoms with E-state index in [0.717, 1.165) is 19.8 Å². The second kappa shape index (κ2) is 41.5. The number of nitrogens with one attached hydrogen (secondary N) is 11. The summed E-state index contributed by atoms with van der Waals surface area (Å²) in [6, 6.07) is -0.169. The summed E-state index contributed by atoms with van der Waals surface area (Å²) >= 11 is 0. The largest absolute Gasteiger partial charge is 0.480 e. The molecule has 13 amide bonds. The van der Waals surface area contributed by atoms with Crippen LogP contribution in [0.3, 0.4) is 0 Å². The number of carbonyl (C=O) groups excluding carboxylic acids is 13. The first kappa shape index (κ1) is 82.6. The van der Waals surface area contributed by atoms with E-state index in [9.17, 15) is 87.5 Å². The number of aliphatic hydroxyl groups is 3. The zero-order valence-corrected chi connectivity index (χ0v) is 56.4. The highest BCUT2D eigenvalue weighted by molar-refractivity contribution is 6.01. The molecule has 3 rings (SSSR count). The zero-order chi connectivity index (χ0) is 73.5. The van der Waals surface area contributed by atoms with E-state index in [4.69, 9.17) is 22.9 Å². The van der Waals surface area contributed by atoms with E-state index in [-0.39, 0.29) is 25.8 Å². The van der Waals surface area contributed by atoms with Gasteiger partial charge in [-0.3, -0.25) is 62.3 Å². The molecule has 0 aliphatic rings. The molecule has 1 aromatic heterocycles. The first-order valence-corrected chi connectivity index (χ1v) is 32.5. The molecule has 0 spiro atoms. The van der Waals surface area contributed by atoms with Gasteiger partial charge in [0.15, 0.2) is 0 Å². The number of amides is 13. The van der Waals surface area contributed by atoms with Gasteiger partial charge < -0.3 is 102 Å². The molecular formula is C65H99N15O18. The SMILES string of the molecule is CCC(C)C(NC(=O)C(Cc1c[nH]c2ccccc12)NC(=O)CNC(=O)C(NC(=O)C(CC(O)CCN)NC(=O)C(CC(N)=O)NC(=O)C(CC(N)=O)NC(=O)C(Cc1ccccc1)NC(=O)C(NC(=O)C(CC(N)=O)NC(=O)CC(O)CCCCC(C)C)C(C)C)C(C)O)C(=O)O. The number of hydrogen-bond acceptors (Lipinski definition) is 18. The zero-order valence-electron chi connectivity index (χ0n) is 56.4. The Morgan fingerprint density at radius 2 is 0.949 bits per heavy atom. The summed E-state index contributed by atoms with van der Waals surface area (Å²) in [4.78, 5) is 192. The molecule has 23 N–H and O–H groups in total. The van der Waals surface area contributed by atoms with Crippen molar-refractivity contribution in [2.75, 3.05) is 13.1 Å². The van der Waals surface area contributed by atoms with Gasteiger partial charge in [-0.25, -0.2) is 4.79 Å². The molecule has 33 nitrogen and oxygen atoms in total. The maximum Gasteiger partial charge on any atom is 0.326 e. The number of aliphatic carboxylic acids is 1. The van der Waals surface area contributed by atoms with Gasteiger partial charge >= 0.3 is 5.97 Å². The number of hydrogen-bond donors (Lipinski definition) is 19. The fraction of sp³-hybridized carbons (Fsp3) is 0.569. The van der Waals surface area contributed by atoms with Crippen LogP contribution in [-0.4, -0.2) is 194 Å². The number of H-pyrrole nitrogens is 1. The Kier molecular flexibility index (Phi) is 35.0. The smallest absolute Gasteiger partial charge is 0.326 e. The third kappa shape index (κ3) is 29.0. The number of aliphatic hydroxyl groups excluding tert-OH is 3. The lowest BCUT2D eigenvalue weighted by molar-refractivity contribution is -0.143. The van der Waals surface area contributed by atoms with E-state index in [2.05, 4.69) is 72.0 Å². The number of nitrogens with two attached hydrogens (primary N) is 4. The molecule has 542 valence electrons. The Morgan fingerprint density at radius 1 is 0.480 bits per heavy atom. The summed E-state index contributed by atoms with van der Waals surface area (Å²) in [6.07, 6.45) is -3.99. The molecule has 2 aromatic carbocycles. The quantitative estimate of drug-likeness (QED) is 0.0242. The predicted octanol–water partition coefficient (Wildman–Crippen LogP) is -3.71. The summed E-state index contributed by atoms with van der Waals surface area (Å²) in [6.45, 7) is 10.6. The first-order chi connectivity index (χ1) is 46.1. The number of para-hydroxylation sites is 1. The highest BCUT2D eigenvalue weighted by Gasteiger charge is 2.38. The molecule has 98 heavy (non-hydrogen) atoms. The standard InChI is InChI=1S/C65H99N15O18/c1-8-35(6)55(65(97)98)79-60(92)44(25-38-31-70-42-21-15-14-20-41(38)42)73-53(88)32-71-63(95)56(36(7)81)80-61(93)45(26-40(83)22-23-66)74-58(90)47(29-50(68)85)76-59(91)48(30-51(69)86)75-57(89)43(24-37-17-10-9-11-18-37)77-64(96)54(34(4)5)78-62(94)46(28-49(67)84)72-52(87)27-39(82)19-13-12-16-33(2)3/h9-11,14-15,17-18,20-21,31,33-36,39-40,43-48,54-56,70,81-83H,8,12-13,16,19,22-30,32,66H2,1-7H3,(H2,67,84)(H2,68,85)(H2,69,86)(H,71,95)(H,72,87)(H,73,88)(H,74,90)(H,75,89)(H,76,91)(H,77,96)(H,78,94)(H,79,92)(H,80,93)(H,97,98). The number of carbonyl (C=O) groups is 14. The molecule has 0 saturated carbocycles. The Hall–Kier alpha value is -9.60. The average molecular weight is 1380 g/mol. The van der Waals surface area contributed by atoms with Crippen molar-refractivity contribution in [3.05, 3.63) is 71.9 Å². The number of fused-ring (bicyclic) bond motifs is 1. The summed E-state index contributed by atoms with van der Waals surface area (Å²) in [7, 11) is 0. The molecule has 33 heteroatoms. The molecule has 1 heterocycles. The van der Waals surface area contributed by atoms with Crippen molar-refractivity contribution in [2.45, 2.75) is 205 Å². The van der Waals surface area contributed by atoms with Crippen molar-refractivity contribution in [2.24, 2.45) is 40.7 Å². The van der Waals surface area contributed by atoms with Crippen LogP contribution in [0.4, 0.5) is 0 Å². The number of unbranched alkanes of at least 4 members (excludes halogenated alkanes) is 1. The maximum atomic E-state index is 14.4. The minimum absolute atomic E-state index is 0.142. The Morgan fingerprint density at radius 3 is 1.49 bits per heavy atom. The van der Waals surface area contributed by atoms with E-state index in [1.165, 1.54) is 13.8 Å². The molecule has 13 unspecified atom stereocenters. The van der Waals surface area contributed by atoms with Gasteiger partial charge in [-0.15, -0.1) is 0 Å². The van der Waals surface area contributed by atoms with Gasteiger partial charge in [0.05, 0.1) is 50.5 Å². The van der Waals surface area contributed by atoms with Gasteiger partial charge in [0.25, 0.3) is 0 Å². The predicted molar refractivity (Wildman–Crippen MR) is 356 cm³/mol. The number of benzene rings is 2. The highest BCUT2D eigenvalue weighted by Crippen LogP contribution is 2.20. The van der Waals surface area contributed by atoms with Crippen LogP contribution in [0.5, 0.6) is 0 Å². The van der Waals surface area contributed by atoms with E-state index >= 15 is 0 Å². The summed E-state index contributed by atoms with van der Waals surface area (Å²) in [5.74, 6) is -16.4. The highest BCUT2D eigenvalue weighted by atomic mass is 16.4. The van der Waals surface area contributed by atoms with Crippen LogP contribution in [0.25, 0.3) is 10.9 Å². The van der Waals surface area contributed by atoms with Gasteiger partial charge in [0, 0.05) is 36.4 Å². The second-order valence-electron chi connectivity index (χ2n) is 25.1. The molecule has 3 aromatic rings. The third-order valence-electron chi connectivity index (χ3n) is 15.9. The van der Waals surface area contributed by atoms with Crippen LogP contribution in [0, 0.1) is 17.8 Å². The van der Waals surface area contributed by atoms with Crippen LogP contribution in [-0.2, 0) is 80.0 Å². The summed E-state index contributed by atoms with van der Waals surface area (Å²) in [5, 5.41) is 66.5. The third-order valence-corrected chi connectivity index (χ3v) is 15.9. The Labute approximate surface area is 567 Å². The lowest BCUT2D eigenvalue weighted by Crippen LogP contribution is -2.62. The van der Waals surface area contributed by atoms with Gasteiger partial charge in [-0.05, 0) is 61.3 Å². The molecule has 0 aliphatic carbocycles. The fourth-order valence-corrected chi connectivity index (χ4v) is 10.3. The molecule has 0 saturated heterocycles. The van der Waals surface area contributed by atoms with Gasteiger partial charge in [-0.2, -0.15) is 0 Å². The van der Waals surface area contributed by atoms with Crippen LogP contribution in [0.15, 0.2) is 60.8 Å². The number of carboxylic acid groups (broad SMARTS) is 1. The van der Waals surface area contributed by atoms with Crippen molar-refractivity contribution < 1.29 is 87.5 Å². The van der Waals surface area contributed by atoms with E-state index < -0.39 is 206 Å². The summed E-state index contributed by atoms with van der Waals surface area (Å²) in [5.41, 5.74) is 23.8. The van der Waals surface area contributed by atoms with Gasteiger partial charge in [0.1, 0.15) is 54.4 Å². The average Bonchev–Trinajstić information content (AvgIpc) is 1.47. The van der Waals surface area contributed by atoms with E-state index in [1.54, 1.807) is 74.6 Å². The van der Waals surface area contributed by atoms with E-state index in [0.29, 0.717) is 47.2 Å². The number of aromatic nitrogens is 1. The maximum absolute atomic E-state index is 14.4. The Balaban J connectivity index is 1.87. The van der Waals surface area contributed by atoms with Crippen molar-refractivity contribution in [3.63, 3.8) is 0 Å². The Bertz CT molecular complexity index is 3220. The number of carboxylic acids is 1. The van der Waals surface area contributed by atoms with Crippen LogP contribution < -0.4 is 76.1 Å². The first-order valence-electron chi connectivity index (χ1n) is 32.5. The van der Waals surface area contributed by atoms with Crippen LogP contribution >= 0.6 is 0 Å². The fourth-order valence-electron chi connectivity index (χ4n) is 10.3. The van der Waals surface area contributed by atoms with E-state index in [1.807, 2.05) is 0 Å². The number of aromatic amines is 1. The topological polar surface area (TPSA) is 560 Å². The molecule has 13 atom stereocenters. The molecule has 0 fully saturated rings. The van der Waals surface area contributed by atoms with Crippen molar-refractivity contribution in [1.82, 2.24) is 58.2 Å². The minimum Gasteiger partial charge on any atom is -0.480 e. The van der Waals surface area contributed by atoms with Gasteiger partial charge in [-0.1, -0.05) is 116 Å². The normalized spacial score (nSPS) is 15.3. The minimum atomic E-state index is -2.04. The monoisotopic (exact) mass is 1380 g/mol. The van der Waals surface area contributed by atoms with Gasteiger partial charge in [0.2, 0.25) is 76.8 Å². The second-order valence-corrected chi connectivity index (χ2v) is 25.1. The molecular weight excluding hydrogens is 1280 g/mol. The lowest BCUT2D eigenvalue weighted by atomic mass is 9.98. The van der Waals surface area contributed by atoms with Crippen molar-refractivity contribution in [3.8, 4) is 0 Å². The van der Waals surface area contributed by atoms with Crippen molar-refractivity contribution >= 4 is 93.7 Å². The molecule has 0 radical (unpaired) electrons. The lowest BCUT2D eigenvalue weighted by Gasteiger charge is -2.29. The number of rotatable bonds is 45. The van der Waals surface area contributed by atoms with Crippen LogP contribution in [0.2, 0.25) is 0 Å². The summed E-state index contributed by atoms with van der Waals surface area (Å²) < 4.78 is 0. The number of primary amides is 3. The molecule has 0 aliphatic heterocycles. The molecule has 0 bridgehead atoms.